The van der Waals surface area contributed by atoms with Gasteiger partial charge in [0.25, 0.3) is 0 Å². The molecule has 68 valence electrons. The summed E-state index contributed by atoms with van der Waals surface area (Å²) in [6, 6.07) is 0. The van der Waals surface area contributed by atoms with Gasteiger partial charge in [0, 0.05) is 6.61 Å². The molecule has 12 heavy (non-hydrogen) atoms. The van der Waals surface area contributed by atoms with Crippen LogP contribution in [-0.4, -0.2) is 28.2 Å². The Balaban J connectivity index is 2.15. The minimum atomic E-state index is 0.450. The summed E-state index contributed by atoms with van der Waals surface area (Å²) in [6.07, 6.45) is 2.73. The summed E-state index contributed by atoms with van der Waals surface area (Å²) < 4.78 is 6.94. The van der Waals surface area contributed by atoms with E-state index in [1.807, 2.05) is 0 Å². The molecule has 2 N–H and O–H groups in total. The smallest absolute Gasteiger partial charge is 0.165 e. The summed E-state index contributed by atoms with van der Waals surface area (Å²) in [4.78, 5) is 0. The van der Waals surface area contributed by atoms with E-state index in [4.69, 9.17) is 10.5 Å². The molecule has 0 saturated carbocycles. The summed E-state index contributed by atoms with van der Waals surface area (Å²) in [5.41, 5.74) is 5.37. The molecule has 0 unspecified atom stereocenters. The quantitative estimate of drug-likeness (QED) is 0.645. The fraction of sp³-hybridized carbons (Fsp3) is 0.714. The topological polar surface area (TPSA) is 66.0 Å². The van der Waals surface area contributed by atoms with E-state index in [1.165, 1.54) is 0 Å². The summed E-state index contributed by atoms with van der Waals surface area (Å²) in [5, 5.41) is 7.43. The highest BCUT2D eigenvalue weighted by atomic mass is 16.5. The van der Waals surface area contributed by atoms with Crippen LogP contribution in [-0.2, 0) is 11.3 Å². The lowest BCUT2D eigenvalue weighted by molar-refractivity contribution is 0.124. The van der Waals surface area contributed by atoms with Gasteiger partial charge in [-0.05, 0) is 6.42 Å². The number of rotatable bonds is 5. The third kappa shape index (κ3) is 2.87. The average molecular weight is 170 g/mol. The predicted octanol–water partition coefficient (Wildman–Crippen LogP) is 0.287. The second kappa shape index (κ2) is 4.71. The van der Waals surface area contributed by atoms with Crippen LogP contribution in [0.15, 0.2) is 6.20 Å². The highest BCUT2D eigenvalue weighted by Crippen LogP contribution is 1.92. The number of nitrogen functional groups attached to an aromatic ring is 1. The van der Waals surface area contributed by atoms with Gasteiger partial charge in [-0.2, -0.15) is 0 Å². The molecule has 0 aliphatic rings. The van der Waals surface area contributed by atoms with Gasteiger partial charge in [0.05, 0.1) is 19.3 Å². The number of ether oxygens (including phenoxy) is 1. The number of anilines is 1. The van der Waals surface area contributed by atoms with Gasteiger partial charge in [-0.25, -0.2) is 4.68 Å². The Labute approximate surface area is 71.5 Å². The maximum Gasteiger partial charge on any atom is 0.165 e. The number of hydrogen-bond acceptors (Lipinski definition) is 4. The monoisotopic (exact) mass is 170 g/mol. The molecule has 5 heteroatoms. The highest BCUT2D eigenvalue weighted by molar-refractivity contribution is 5.19. The molecular formula is C7H14N4O. The van der Waals surface area contributed by atoms with Crippen molar-refractivity contribution >= 4 is 5.82 Å². The van der Waals surface area contributed by atoms with Crippen molar-refractivity contribution in [2.45, 2.75) is 19.9 Å². The molecule has 0 saturated heterocycles. The summed E-state index contributed by atoms with van der Waals surface area (Å²) in [5.74, 6) is 0.450. The Hall–Kier alpha value is -1.10. The second-order valence-electron chi connectivity index (χ2n) is 2.52. The number of nitrogens with zero attached hydrogens (tertiary/aromatic N) is 3. The first kappa shape index (κ1) is 8.99. The van der Waals surface area contributed by atoms with Crippen molar-refractivity contribution in [3.8, 4) is 0 Å². The minimum absolute atomic E-state index is 0.450. The molecule has 0 spiro atoms. The molecule has 1 aromatic rings. The SMILES string of the molecule is CCCOCCn1cc(N)nn1. The van der Waals surface area contributed by atoms with E-state index in [9.17, 15) is 0 Å². The highest BCUT2D eigenvalue weighted by Gasteiger charge is 1.94. The Morgan fingerprint density at radius 2 is 2.42 bits per heavy atom. The van der Waals surface area contributed by atoms with Gasteiger partial charge in [0.2, 0.25) is 0 Å². The van der Waals surface area contributed by atoms with Crippen LogP contribution in [0.3, 0.4) is 0 Å². The third-order valence-electron chi connectivity index (χ3n) is 1.37. The number of nitrogens with two attached hydrogens (primary N) is 1. The molecule has 0 bridgehead atoms. The lowest BCUT2D eigenvalue weighted by Crippen LogP contribution is -2.06. The van der Waals surface area contributed by atoms with Gasteiger partial charge < -0.3 is 10.5 Å². The van der Waals surface area contributed by atoms with Crippen LogP contribution in [0, 0.1) is 0 Å². The molecule has 1 aromatic heterocycles. The molecule has 1 rings (SSSR count). The van der Waals surface area contributed by atoms with Gasteiger partial charge in [0.15, 0.2) is 5.82 Å². The first-order chi connectivity index (χ1) is 5.83. The van der Waals surface area contributed by atoms with Gasteiger partial charge in [0.1, 0.15) is 0 Å². The molecule has 0 fully saturated rings. The van der Waals surface area contributed by atoms with Crippen LogP contribution in [0.25, 0.3) is 0 Å². The lowest BCUT2D eigenvalue weighted by Gasteiger charge is -2.00. The number of hydrogen-bond donors (Lipinski definition) is 1. The van der Waals surface area contributed by atoms with Crippen molar-refractivity contribution in [3.05, 3.63) is 6.20 Å². The summed E-state index contributed by atoms with van der Waals surface area (Å²) in [7, 11) is 0. The predicted molar refractivity (Wildman–Crippen MR) is 45.5 cm³/mol. The van der Waals surface area contributed by atoms with Gasteiger partial charge >= 0.3 is 0 Å². The average Bonchev–Trinajstić information content (AvgIpc) is 2.45. The standard InChI is InChI=1S/C7H14N4O/c1-2-4-12-5-3-11-6-7(8)9-10-11/h6H,2-5,8H2,1H3. The normalized spacial score (nSPS) is 10.4. The van der Waals surface area contributed by atoms with E-state index >= 15 is 0 Å². The fourth-order valence-electron chi connectivity index (χ4n) is 0.827. The van der Waals surface area contributed by atoms with Crippen molar-refractivity contribution in [2.75, 3.05) is 18.9 Å². The van der Waals surface area contributed by atoms with E-state index in [0.29, 0.717) is 19.0 Å². The zero-order valence-corrected chi connectivity index (χ0v) is 7.23. The van der Waals surface area contributed by atoms with Crippen molar-refractivity contribution in [1.29, 1.82) is 0 Å². The van der Waals surface area contributed by atoms with E-state index in [0.717, 1.165) is 13.0 Å². The van der Waals surface area contributed by atoms with Crippen LogP contribution in [0.5, 0.6) is 0 Å². The Morgan fingerprint density at radius 3 is 3.00 bits per heavy atom. The van der Waals surface area contributed by atoms with Gasteiger partial charge in [-0.1, -0.05) is 12.1 Å². The van der Waals surface area contributed by atoms with Crippen LogP contribution in [0.1, 0.15) is 13.3 Å². The third-order valence-corrected chi connectivity index (χ3v) is 1.37. The molecule has 1 heterocycles. The Bertz CT molecular complexity index is 223. The van der Waals surface area contributed by atoms with Crippen molar-refractivity contribution in [3.63, 3.8) is 0 Å². The van der Waals surface area contributed by atoms with E-state index in [-0.39, 0.29) is 0 Å². The van der Waals surface area contributed by atoms with Crippen LogP contribution in [0.4, 0.5) is 5.82 Å². The van der Waals surface area contributed by atoms with E-state index in [2.05, 4.69) is 17.2 Å². The molecule has 0 atom stereocenters. The molecule has 0 aliphatic carbocycles. The van der Waals surface area contributed by atoms with Gasteiger partial charge in [-0.15, -0.1) is 5.10 Å². The molecule has 0 aliphatic heterocycles. The first-order valence-electron chi connectivity index (χ1n) is 4.06. The van der Waals surface area contributed by atoms with E-state index in [1.54, 1.807) is 10.9 Å². The molecule has 0 aromatic carbocycles. The van der Waals surface area contributed by atoms with Crippen molar-refractivity contribution in [1.82, 2.24) is 15.0 Å². The van der Waals surface area contributed by atoms with E-state index < -0.39 is 0 Å². The molecular weight excluding hydrogens is 156 g/mol. The lowest BCUT2D eigenvalue weighted by atomic mass is 10.5. The van der Waals surface area contributed by atoms with Crippen LogP contribution < -0.4 is 5.73 Å². The Kier molecular flexibility index (Phi) is 3.53. The van der Waals surface area contributed by atoms with Crippen molar-refractivity contribution < 1.29 is 4.74 Å². The minimum Gasteiger partial charge on any atom is -0.381 e. The largest absolute Gasteiger partial charge is 0.381 e. The summed E-state index contributed by atoms with van der Waals surface area (Å²) >= 11 is 0. The molecule has 5 nitrogen and oxygen atoms in total. The zero-order chi connectivity index (χ0) is 8.81. The maximum atomic E-state index is 5.37. The second-order valence-corrected chi connectivity index (χ2v) is 2.52. The maximum absolute atomic E-state index is 5.37. The number of aromatic nitrogens is 3. The Morgan fingerprint density at radius 1 is 1.58 bits per heavy atom. The fourth-order valence-corrected chi connectivity index (χ4v) is 0.827. The molecule has 0 radical (unpaired) electrons. The van der Waals surface area contributed by atoms with Crippen LogP contribution in [0.2, 0.25) is 0 Å². The van der Waals surface area contributed by atoms with Gasteiger partial charge in [-0.3, -0.25) is 0 Å². The summed E-state index contributed by atoms with van der Waals surface area (Å²) in [6.45, 7) is 4.25. The zero-order valence-electron chi connectivity index (χ0n) is 7.23. The molecule has 0 amide bonds. The van der Waals surface area contributed by atoms with Crippen LogP contribution >= 0.6 is 0 Å². The van der Waals surface area contributed by atoms with Crippen molar-refractivity contribution in [2.24, 2.45) is 0 Å². The first-order valence-corrected chi connectivity index (χ1v) is 4.06.